The van der Waals surface area contributed by atoms with Crippen molar-refractivity contribution in [1.29, 1.82) is 0 Å². The first kappa shape index (κ1) is 16.7. The minimum Gasteiger partial charge on any atom is -0.348 e. The Morgan fingerprint density at radius 2 is 1.55 bits per heavy atom. The third kappa shape index (κ3) is 3.37. The SMILES string of the molecule is Cc1cc(C)c(C)c(S(=O)(=O)NCC(=O)N(C)C)c1C. The highest BCUT2D eigenvalue weighted by atomic mass is 32.2. The maximum absolute atomic E-state index is 12.4. The fourth-order valence-corrected chi connectivity index (χ4v) is 3.56. The van der Waals surface area contributed by atoms with E-state index in [0.29, 0.717) is 0 Å². The second-order valence-electron chi connectivity index (χ2n) is 5.20. The van der Waals surface area contributed by atoms with Crippen molar-refractivity contribution in [3.05, 3.63) is 28.3 Å². The maximum Gasteiger partial charge on any atom is 0.241 e. The van der Waals surface area contributed by atoms with Gasteiger partial charge in [0.15, 0.2) is 0 Å². The quantitative estimate of drug-likeness (QED) is 0.911. The largest absolute Gasteiger partial charge is 0.348 e. The second-order valence-corrected chi connectivity index (χ2v) is 6.91. The van der Waals surface area contributed by atoms with Crippen LogP contribution >= 0.6 is 0 Å². The Hall–Kier alpha value is -1.40. The van der Waals surface area contributed by atoms with Crippen LogP contribution < -0.4 is 4.72 Å². The lowest BCUT2D eigenvalue weighted by atomic mass is 10.0. The number of likely N-dealkylation sites (N-methyl/N-ethyl adjacent to an activating group) is 1. The summed E-state index contributed by atoms with van der Waals surface area (Å²) in [5.41, 5.74) is 3.29. The van der Waals surface area contributed by atoms with Crippen molar-refractivity contribution in [1.82, 2.24) is 9.62 Å². The van der Waals surface area contributed by atoms with Gasteiger partial charge < -0.3 is 4.90 Å². The van der Waals surface area contributed by atoms with Gasteiger partial charge in [0, 0.05) is 14.1 Å². The molecule has 1 aromatic rings. The predicted molar refractivity (Wildman–Crippen MR) is 79.3 cm³/mol. The van der Waals surface area contributed by atoms with Gasteiger partial charge in [-0.2, -0.15) is 0 Å². The van der Waals surface area contributed by atoms with Crippen molar-refractivity contribution in [3.8, 4) is 0 Å². The second kappa shape index (κ2) is 5.93. The van der Waals surface area contributed by atoms with Crippen LogP contribution in [0.5, 0.6) is 0 Å². The van der Waals surface area contributed by atoms with Gasteiger partial charge in [-0.15, -0.1) is 0 Å². The van der Waals surface area contributed by atoms with Crippen molar-refractivity contribution in [2.24, 2.45) is 0 Å². The Morgan fingerprint density at radius 1 is 1.10 bits per heavy atom. The van der Waals surface area contributed by atoms with E-state index in [1.54, 1.807) is 27.9 Å². The number of amides is 1. The molecule has 0 bridgehead atoms. The van der Waals surface area contributed by atoms with E-state index in [9.17, 15) is 13.2 Å². The molecule has 0 saturated heterocycles. The van der Waals surface area contributed by atoms with Crippen LogP contribution in [-0.4, -0.2) is 39.9 Å². The summed E-state index contributed by atoms with van der Waals surface area (Å²) < 4.78 is 27.2. The zero-order valence-corrected chi connectivity index (χ0v) is 13.7. The molecule has 0 saturated carbocycles. The van der Waals surface area contributed by atoms with Crippen LogP contribution in [0.2, 0.25) is 0 Å². The first-order valence-electron chi connectivity index (χ1n) is 6.35. The van der Waals surface area contributed by atoms with Gasteiger partial charge in [0.05, 0.1) is 11.4 Å². The molecule has 0 aromatic heterocycles. The molecule has 20 heavy (non-hydrogen) atoms. The molecule has 0 spiro atoms. The van der Waals surface area contributed by atoms with Gasteiger partial charge in [0.25, 0.3) is 0 Å². The molecule has 0 aliphatic heterocycles. The number of rotatable bonds is 4. The normalized spacial score (nSPS) is 11.5. The molecule has 0 unspecified atom stereocenters. The number of carbonyl (C=O) groups excluding carboxylic acids is 1. The summed E-state index contributed by atoms with van der Waals surface area (Å²) in [4.78, 5) is 13.2. The molecule has 1 rings (SSSR count). The van der Waals surface area contributed by atoms with Crippen LogP contribution in [0.1, 0.15) is 22.3 Å². The molecule has 1 amide bonds. The summed E-state index contributed by atoms with van der Waals surface area (Å²) in [5.74, 6) is -0.284. The van der Waals surface area contributed by atoms with Crippen molar-refractivity contribution in [3.63, 3.8) is 0 Å². The summed E-state index contributed by atoms with van der Waals surface area (Å²) >= 11 is 0. The molecule has 0 aliphatic carbocycles. The molecule has 0 fully saturated rings. The topological polar surface area (TPSA) is 66.5 Å². The van der Waals surface area contributed by atoms with Crippen molar-refractivity contribution < 1.29 is 13.2 Å². The van der Waals surface area contributed by atoms with Crippen LogP contribution in [-0.2, 0) is 14.8 Å². The van der Waals surface area contributed by atoms with Gasteiger partial charge in [0.2, 0.25) is 15.9 Å². The van der Waals surface area contributed by atoms with E-state index in [-0.39, 0.29) is 17.3 Å². The van der Waals surface area contributed by atoms with Crippen LogP contribution in [0, 0.1) is 27.7 Å². The first-order valence-corrected chi connectivity index (χ1v) is 7.83. The number of nitrogens with one attached hydrogen (secondary N) is 1. The minimum atomic E-state index is -3.69. The lowest BCUT2D eigenvalue weighted by molar-refractivity contribution is -0.127. The Bertz CT molecular complexity index is 608. The Kier molecular flexibility index (Phi) is 4.94. The van der Waals surface area contributed by atoms with E-state index < -0.39 is 10.0 Å². The van der Waals surface area contributed by atoms with Gasteiger partial charge in [0.1, 0.15) is 0 Å². The molecule has 0 atom stereocenters. The van der Waals surface area contributed by atoms with Gasteiger partial charge in [-0.3, -0.25) is 4.79 Å². The third-order valence-electron chi connectivity index (χ3n) is 3.48. The number of carbonyl (C=O) groups is 1. The fraction of sp³-hybridized carbons (Fsp3) is 0.500. The fourth-order valence-electron chi connectivity index (χ4n) is 1.97. The van der Waals surface area contributed by atoms with E-state index in [0.717, 1.165) is 22.3 Å². The van der Waals surface area contributed by atoms with E-state index >= 15 is 0 Å². The van der Waals surface area contributed by atoms with E-state index in [2.05, 4.69) is 4.72 Å². The van der Waals surface area contributed by atoms with Crippen LogP contribution in [0.25, 0.3) is 0 Å². The third-order valence-corrected chi connectivity index (χ3v) is 5.15. The Labute approximate surface area is 121 Å². The van der Waals surface area contributed by atoms with Gasteiger partial charge in [-0.1, -0.05) is 6.07 Å². The lowest BCUT2D eigenvalue weighted by Gasteiger charge is -2.17. The van der Waals surface area contributed by atoms with Gasteiger partial charge in [-0.25, -0.2) is 13.1 Å². The zero-order valence-electron chi connectivity index (χ0n) is 12.9. The summed E-state index contributed by atoms with van der Waals surface area (Å²) in [6, 6.07) is 1.97. The Morgan fingerprint density at radius 3 is 1.95 bits per heavy atom. The Balaban J connectivity index is 3.20. The summed E-state index contributed by atoms with van der Waals surface area (Å²) in [6.45, 7) is 7.09. The molecular weight excluding hydrogens is 276 g/mol. The maximum atomic E-state index is 12.4. The van der Waals surface area contributed by atoms with Crippen LogP contribution in [0.3, 0.4) is 0 Å². The number of hydrogen-bond acceptors (Lipinski definition) is 3. The molecule has 1 aromatic carbocycles. The van der Waals surface area contributed by atoms with Crippen LogP contribution in [0.4, 0.5) is 0 Å². The molecule has 1 N–H and O–H groups in total. The highest BCUT2D eigenvalue weighted by Crippen LogP contribution is 2.25. The van der Waals surface area contributed by atoms with Crippen molar-refractivity contribution in [2.75, 3.05) is 20.6 Å². The van der Waals surface area contributed by atoms with Crippen LogP contribution in [0.15, 0.2) is 11.0 Å². The van der Waals surface area contributed by atoms with Gasteiger partial charge in [-0.05, 0) is 49.9 Å². The summed E-state index contributed by atoms with van der Waals surface area (Å²) in [5, 5.41) is 0. The minimum absolute atomic E-state index is 0.235. The monoisotopic (exact) mass is 298 g/mol. The molecule has 5 nitrogen and oxygen atoms in total. The number of benzene rings is 1. The summed E-state index contributed by atoms with van der Waals surface area (Å²) in [7, 11) is -0.518. The van der Waals surface area contributed by atoms with Gasteiger partial charge >= 0.3 is 0 Å². The number of aryl methyl sites for hydroxylation is 2. The highest BCUT2D eigenvalue weighted by Gasteiger charge is 2.22. The zero-order chi connectivity index (χ0) is 15.7. The first-order chi connectivity index (χ1) is 9.08. The van der Waals surface area contributed by atoms with E-state index in [1.807, 2.05) is 19.9 Å². The average Bonchev–Trinajstić information content (AvgIpc) is 2.33. The number of nitrogens with zero attached hydrogens (tertiary/aromatic N) is 1. The van der Waals surface area contributed by atoms with E-state index in [4.69, 9.17) is 0 Å². The average molecular weight is 298 g/mol. The highest BCUT2D eigenvalue weighted by molar-refractivity contribution is 7.89. The molecule has 112 valence electrons. The van der Waals surface area contributed by atoms with Crippen molar-refractivity contribution >= 4 is 15.9 Å². The molecular formula is C14H22N2O3S. The van der Waals surface area contributed by atoms with E-state index in [1.165, 1.54) is 4.90 Å². The lowest BCUT2D eigenvalue weighted by Crippen LogP contribution is -2.36. The summed E-state index contributed by atoms with van der Waals surface area (Å²) in [6.07, 6.45) is 0. The standard InChI is InChI=1S/C14H22N2O3S/c1-9-7-10(2)12(4)14(11(9)3)20(18,19)15-8-13(17)16(5)6/h7,15H,8H2,1-6H3. The number of sulfonamides is 1. The molecule has 0 heterocycles. The molecule has 0 radical (unpaired) electrons. The van der Waals surface area contributed by atoms with Crippen molar-refractivity contribution in [2.45, 2.75) is 32.6 Å². The predicted octanol–water partition coefficient (Wildman–Crippen LogP) is 1.29. The number of hydrogen-bond donors (Lipinski definition) is 1. The molecule has 6 heteroatoms. The molecule has 0 aliphatic rings. The smallest absolute Gasteiger partial charge is 0.241 e.